The van der Waals surface area contributed by atoms with E-state index in [9.17, 15) is 9.90 Å². The normalized spacial score (nSPS) is 10.0. The van der Waals surface area contributed by atoms with Crippen molar-refractivity contribution in [2.45, 2.75) is 0 Å². The molecule has 0 atom stereocenters. The summed E-state index contributed by atoms with van der Waals surface area (Å²) in [6.07, 6.45) is 0.751. The molecule has 0 unspecified atom stereocenters. The quantitative estimate of drug-likeness (QED) is 0.595. The van der Waals surface area contributed by atoms with E-state index in [4.69, 9.17) is 5.73 Å². The van der Waals surface area contributed by atoms with Crippen molar-refractivity contribution in [2.24, 2.45) is 0 Å². The lowest BCUT2D eigenvalue weighted by Crippen LogP contribution is -1.92. The van der Waals surface area contributed by atoms with Gasteiger partial charge in [0.05, 0.1) is 0 Å². The number of hydrogen-bond donors (Lipinski definition) is 2. The molecule has 2 aromatic carbocycles. The van der Waals surface area contributed by atoms with Crippen molar-refractivity contribution in [3.63, 3.8) is 0 Å². The fraction of sp³-hybridized carbons (Fsp3) is 0. The third-order valence-corrected chi connectivity index (χ3v) is 2.41. The second-order valence-electron chi connectivity index (χ2n) is 3.48. The van der Waals surface area contributed by atoms with Crippen molar-refractivity contribution in [2.75, 3.05) is 5.73 Å². The van der Waals surface area contributed by atoms with E-state index in [1.165, 1.54) is 12.1 Å². The minimum atomic E-state index is 0.115. The van der Waals surface area contributed by atoms with E-state index in [0.717, 1.165) is 11.8 Å². The average molecular weight is 213 g/mol. The van der Waals surface area contributed by atoms with Crippen molar-refractivity contribution in [3.05, 3.63) is 48.0 Å². The lowest BCUT2D eigenvalue weighted by Gasteiger charge is -2.08. The van der Waals surface area contributed by atoms with Gasteiger partial charge in [0.1, 0.15) is 5.75 Å². The standard InChI is InChI=1S/C13H11NO2/c14-13-4-2-1-3-11(13)12-7-10(16)6-5-9(12)8-15/h1-8,16H,14H2. The second-order valence-corrected chi connectivity index (χ2v) is 3.48. The summed E-state index contributed by atoms with van der Waals surface area (Å²) in [5.74, 6) is 0.115. The first kappa shape index (κ1) is 10.2. The van der Waals surface area contributed by atoms with Crippen molar-refractivity contribution < 1.29 is 9.90 Å². The largest absolute Gasteiger partial charge is 0.508 e. The highest BCUT2D eigenvalue weighted by atomic mass is 16.3. The fourth-order valence-electron chi connectivity index (χ4n) is 1.62. The van der Waals surface area contributed by atoms with Gasteiger partial charge in [-0.05, 0) is 29.8 Å². The number of phenolic OH excluding ortho intramolecular Hbond substituents is 1. The third kappa shape index (κ3) is 1.75. The van der Waals surface area contributed by atoms with Crippen LogP contribution < -0.4 is 5.73 Å². The predicted molar refractivity (Wildman–Crippen MR) is 63.3 cm³/mol. The number of nitrogen functional groups attached to an aromatic ring is 1. The van der Waals surface area contributed by atoms with Gasteiger partial charge >= 0.3 is 0 Å². The smallest absolute Gasteiger partial charge is 0.150 e. The molecule has 0 aliphatic rings. The fourth-order valence-corrected chi connectivity index (χ4v) is 1.62. The average Bonchev–Trinajstić information content (AvgIpc) is 2.29. The Balaban J connectivity index is 2.67. The van der Waals surface area contributed by atoms with E-state index < -0.39 is 0 Å². The van der Waals surface area contributed by atoms with Crippen molar-refractivity contribution in [3.8, 4) is 16.9 Å². The van der Waals surface area contributed by atoms with Crippen molar-refractivity contribution >= 4 is 12.0 Å². The van der Waals surface area contributed by atoms with Gasteiger partial charge in [-0.2, -0.15) is 0 Å². The van der Waals surface area contributed by atoms with Crippen LogP contribution in [0, 0.1) is 0 Å². The molecule has 16 heavy (non-hydrogen) atoms. The number of hydrogen-bond acceptors (Lipinski definition) is 3. The zero-order valence-electron chi connectivity index (χ0n) is 8.55. The highest BCUT2D eigenvalue weighted by Crippen LogP contribution is 2.30. The Kier molecular flexibility index (Phi) is 2.60. The molecule has 3 N–H and O–H groups in total. The summed E-state index contributed by atoms with van der Waals surface area (Å²) in [7, 11) is 0. The topological polar surface area (TPSA) is 63.3 Å². The van der Waals surface area contributed by atoms with Gasteiger partial charge in [-0.3, -0.25) is 4.79 Å². The van der Waals surface area contributed by atoms with Gasteiger partial charge in [0.25, 0.3) is 0 Å². The Labute approximate surface area is 93.1 Å². The third-order valence-electron chi connectivity index (χ3n) is 2.41. The van der Waals surface area contributed by atoms with Crippen LogP contribution in [0.2, 0.25) is 0 Å². The van der Waals surface area contributed by atoms with E-state index >= 15 is 0 Å². The van der Waals surface area contributed by atoms with Crippen LogP contribution >= 0.6 is 0 Å². The van der Waals surface area contributed by atoms with Crippen LogP contribution in [-0.4, -0.2) is 11.4 Å². The van der Waals surface area contributed by atoms with Crippen LogP contribution in [0.5, 0.6) is 5.75 Å². The molecule has 0 amide bonds. The Bertz CT molecular complexity index is 535. The molecule has 0 aliphatic carbocycles. The molecule has 80 valence electrons. The van der Waals surface area contributed by atoms with Crippen LogP contribution in [0.3, 0.4) is 0 Å². The SMILES string of the molecule is Nc1ccccc1-c1cc(O)ccc1C=O. The van der Waals surface area contributed by atoms with E-state index in [1.54, 1.807) is 12.1 Å². The lowest BCUT2D eigenvalue weighted by molar-refractivity contribution is 0.112. The molecule has 2 rings (SSSR count). The molecule has 0 fully saturated rings. The van der Waals surface area contributed by atoms with Gasteiger partial charge in [0.2, 0.25) is 0 Å². The maximum atomic E-state index is 10.9. The van der Waals surface area contributed by atoms with Crippen LogP contribution in [0.1, 0.15) is 10.4 Å². The number of phenols is 1. The Morgan fingerprint density at radius 3 is 2.50 bits per heavy atom. The minimum absolute atomic E-state index is 0.115. The summed E-state index contributed by atoms with van der Waals surface area (Å²) in [6.45, 7) is 0. The molecule has 2 aromatic rings. The molecule has 0 bridgehead atoms. The van der Waals surface area contributed by atoms with Gasteiger partial charge in [0.15, 0.2) is 6.29 Å². The molecular weight excluding hydrogens is 202 g/mol. The maximum absolute atomic E-state index is 10.9. The summed E-state index contributed by atoms with van der Waals surface area (Å²) in [4.78, 5) is 10.9. The zero-order valence-corrected chi connectivity index (χ0v) is 8.55. The van der Waals surface area contributed by atoms with Crippen LogP contribution in [0.4, 0.5) is 5.69 Å². The first-order valence-electron chi connectivity index (χ1n) is 4.85. The molecule has 3 nitrogen and oxygen atoms in total. The number of benzene rings is 2. The number of carbonyl (C=O) groups excluding carboxylic acids is 1. The monoisotopic (exact) mass is 213 g/mol. The molecule has 0 saturated carbocycles. The Hall–Kier alpha value is -2.29. The molecule has 0 saturated heterocycles. The van der Waals surface area contributed by atoms with Gasteiger partial charge < -0.3 is 10.8 Å². The highest BCUT2D eigenvalue weighted by molar-refractivity contribution is 5.91. The van der Waals surface area contributed by atoms with Crippen LogP contribution in [0.25, 0.3) is 11.1 Å². The van der Waals surface area contributed by atoms with Crippen LogP contribution in [0.15, 0.2) is 42.5 Å². The van der Waals surface area contributed by atoms with Crippen molar-refractivity contribution in [1.82, 2.24) is 0 Å². The Morgan fingerprint density at radius 1 is 1.06 bits per heavy atom. The number of aromatic hydroxyl groups is 1. The highest BCUT2D eigenvalue weighted by Gasteiger charge is 2.08. The van der Waals surface area contributed by atoms with Crippen LogP contribution in [-0.2, 0) is 0 Å². The van der Waals surface area contributed by atoms with E-state index in [2.05, 4.69) is 0 Å². The zero-order chi connectivity index (χ0) is 11.5. The summed E-state index contributed by atoms with van der Waals surface area (Å²) in [5.41, 5.74) is 8.32. The molecule has 0 heterocycles. The number of rotatable bonds is 2. The minimum Gasteiger partial charge on any atom is -0.508 e. The number of nitrogens with two attached hydrogens (primary N) is 1. The van der Waals surface area contributed by atoms with Gasteiger partial charge in [0, 0.05) is 16.8 Å². The summed E-state index contributed by atoms with van der Waals surface area (Å²) < 4.78 is 0. The van der Waals surface area contributed by atoms with E-state index in [-0.39, 0.29) is 5.75 Å². The predicted octanol–water partition coefficient (Wildman–Crippen LogP) is 2.45. The summed E-state index contributed by atoms with van der Waals surface area (Å²) >= 11 is 0. The number of aldehydes is 1. The molecule has 0 spiro atoms. The van der Waals surface area contributed by atoms with Gasteiger partial charge in [-0.1, -0.05) is 18.2 Å². The van der Waals surface area contributed by atoms with E-state index in [0.29, 0.717) is 16.8 Å². The number of anilines is 1. The maximum Gasteiger partial charge on any atom is 0.150 e. The number of carbonyl (C=O) groups is 1. The summed E-state index contributed by atoms with van der Waals surface area (Å²) in [5, 5.41) is 9.43. The lowest BCUT2D eigenvalue weighted by atomic mass is 9.99. The Morgan fingerprint density at radius 2 is 1.81 bits per heavy atom. The number of para-hydroxylation sites is 1. The molecule has 0 radical (unpaired) electrons. The van der Waals surface area contributed by atoms with Crippen molar-refractivity contribution in [1.29, 1.82) is 0 Å². The molecule has 3 heteroatoms. The van der Waals surface area contributed by atoms with Gasteiger partial charge in [-0.15, -0.1) is 0 Å². The summed E-state index contributed by atoms with van der Waals surface area (Å²) in [6, 6.07) is 11.8. The first-order chi connectivity index (χ1) is 7.72. The van der Waals surface area contributed by atoms with E-state index in [1.807, 2.05) is 18.2 Å². The van der Waals surface area contributed by atoms with Gasteiger partial charge in [-0.25, -0.2) is 0 Å². The molecular formula is C13H11NO2. The first-order valence-corrected chi connectivity index (χ1v) is 4.85. The molecule has 0 aliphatic heterocycles. The molecule has 0 aromatic heterocycles. The second kappa shape index (κ2) is 4.06.